The van der Waals surface area contributed by atoms with Crippen molar-refractivity contribution in [1.82, 2.24) is 25.3 Å². The second-order valence-electron chi connectivity index (χ2n) is 8.89. The minimum absolute atomic E-state index is 0.0915. The number of carbonyl (C=O) groups excluding carboxylic acids is 1. The highest BCUT2D eigenvalue weighted by Crippen LogP contribution is 2.25. The van der Waals surface area contributed by atoms with Crippen molar-refractivity contribution < 1.29 is 9.53 Å². The first kappa shape index (κ1) is 21.4. The maximum atomic E-state index is 13.0. The van der Waals surface area contributed by atoms with Crippen LogP contribution in [-0.2, 0) is 19.9 Å². The number of methoxy groups -OCH3 is 1. The zero-order valence-electron chi connectivity index (χ0n) is 19.3. The van der Waals surface area contributed by atoms with Crippen LogP contribution < -0.4 is 15.0 Å². The summed E-state index contributed by atoms with van der Waals surface area (Å²) in [6.07, 6.45) is 6.36. The molecule has 1 aliphatic carbocycles. The smallest absolute Gasteiger partial charge is 0.269 e. The van der Waals surface area contributed by atoms with Gasteiger partial charge in [0.15, 0.2) is 5.82 Å². The van der Waals surface area contributed by atoms with Gasteiger partial charge in [0.25, 0.3) is 5.91 Å². The van der Waals surface area contributed by atoms with Gasteiger partial charge in [-0.3, -0.25) is 9.48 Å². The monoisotopic (exact) mass is 446 g/mol. The summed E-state index contributed by atoms with van der Waals surface area (Å²) in [7, 11) is 3.44. The van der Waals surface area contributed by atoms with Gasteiger partial charge in [-0.1, -0.05) is 12.1 Å². The molecule has 1 saturated heterocycles. The van der Waals surface area contributed by atoms with Crippen LogP contribution in [0.3, 0.4) is 0 Å². The van der Waals surface area contributed by atoms with Crippen LogP contribution in [0.4, 0.5) is 5.82 Å². The summed E-state index contributed by atoms with van der Waals surface area (Å²) in [4.78, 5) is 15.3. The predicted molar refractivity (Wildman–Crippen MR) is 127 cm³/mol. The number of nitrogens with zero attached hydrogens (tertiary/aromatic N) is 5. The van der Waals surface area contributed by atoms with E-state index in [0.717, 1.165) is 67.3 Å². The van der Waals surface area contributed by atoms with Crippen LogP contribution in [-0.4, -0.2) is 52.1 Å². The first-order valence-corrected chi connectivity index (χ1v) is 11.7. The van der Waals surface area contributed by atoms with Gasteiger partial charge in [-0.15, -0.1) is 5.10 Å². The lowest BCUT2D eigenvalue weighted by Gasteiger charge is -2.33. The van der Waals surface area contributed by atoms with Gasteiger partial charge in [-0.05, 0) is 68.4 Å². The first-order valence-electron chi connectivity index (χ1n) is 11.7. The third-order valence-electron chi connectivity index (χ3n) is 6.69. The number of hydrogen-bond donors (Lipinski definition) is 1. The molecule has 1 N–H and O–H groups in total. The quantitative estimate of drug-likeness (QED) is 0.648. The summed E-state index contributed by atoms with van der Waals surface area (Å²) in [5.74, 6) is 1.64. The maximum absolute atomic E-state index is 13.0. The molecule has 8 heteroatoms. The molecule has 0 atom stereocenters. The fourth-order valence-corrected chi connectivity index (χ4v) is 4.75. The normalized spacial score (nSPS) is 16.4. The van der Waals surface area contributed by atoms with E-state index in [4.69, 9.17) is 4.74 Å². The van der Waals surface area contributed by atoms with E-state index in [0.29, 0.717) is 5.69 Å². The lowest BCUT2D eigenvalue weighted by atomic mass is 9.96. The summed E-state index contributed by atoms with van der Waals surface area (Å²) in [6, 6.07) is 11.9. The van der Waals surface area contributed by atoms with Crippen molar-refractivity contribution in [2.45, 2.75) is 44.6 Å². The highest BCUT2D eigenvalue weighted by Gasteiger charge is 2.24. The molecule has 5 rings (SSSR count). The number of aromatic nitrogens is 4. The largest absolute Gasteiger partial charge is 0.497 e. The summed E-state index contributed by atoms with van der Waals surface area (Å²) in [5.41, 5.74) is 4.74. The van der Waals surface area contributed by atoms with E-state index in [-0.39, 0.29) is 11.9 Å². The van der Waals surface area contributed by atoms with E-state index < -0.39 is 0 Å². The van der Waals surface area contributed by atoms with E-state index in [1.807, 2.05) is 30.3 Å². The van der Waals surface area contributed by atoms with Crippen molar-refractivity contribution in [3.63, 3.8) is 0 Å². The molecule has 172 valence electrons. The lowest BCUT2D eigenvalue weighted by Crippen LogP contribution is -2.45. The Hall–Kier alpha value is -3.42. The van der Waals surface area contributed by atoms with Crippen molar-refractivity contribution in [3.8, 4) is 17.0 Å². The Bertz CT molecular complexity index is 1150. The molecule has 1 amide bonds. The van der Waals surface area contributed by atoms with Crippen molar-refractivity contribution in [3.05, 3.63) is 53.3 Å². The summed E-state index contributed by atoms with van der Waals surface area (Å²) < 4.78 is 6.94. The predicted octanol–water partition coefficient (Wildman–Crippen LogP) is 3.16. The topological polar surface area (TPSA) is 85.2 Å². The fraction of sp³-hybridized carbons (Fsp3) is 0.440. The Labute approximate surface area is 194 Å². The summed E-state index contributed by atoms with van der Waals surface area (Å²) in [6.45, 7) is 1.72. The lowest BCUT2D eigenvalue weighted by molar-refractivity contribution is 0.0921. The maximum Gasteiger partial charge on any atom is 0.269 e. The van der Waals surface area contributed by atoms with Crippen LogP contribution in [0.25, 0.3) is 11.3 Å². The molecule has 3 aromatic rings. The van der Waals surface area contributed by atoms with Crippen molar-refractivity contribution in [2.24, 2.45) is 7.05 Å². The average molecular weight is 447 g/mol. The fourth-order valence-electron chi connectivity index (χ4n) is 4.75. The molecule has 0 unspecified atom stereocenters. The molecule has 1 aliphatic heterocycles. The average Bonchev–Trinajstić information content (AvgIpc) is 3.26. The minimum Gasteiger partial charge on any atom is -0.497 e. The second-order valence-corrected chi connectivity index (χ2v) is 8.89. The molecular formula is C25H30N6O2. The Balaban J connectivity index is 1.21. The molecule has 1 aromatic carbocycles. The van der Waals surface area contributed by atoms with Crippen LogP contribution in [0.1, 0.15) is 47.4 Å². The van der Waals surface area contributed by atoms with Gasteiger partial charge in [0, 0.05) is 31.7 Å². The van der Waals surface area contributed by atoms with Crippen LogP contribution in [0.5, 0.6) is 5.75 Å². The van der Waals surface area contributed by atoms with Gasteiger partial charge in [-0.25, -0.2) is 0 Å². The van der Waals surface area contributed by atoms with Crippen LogP contribution in [0, 0.1) is 0 Å². The molecule has 0 bridgehead atoms. The number of ether oxygens (including phenoxy) is 1. The van der Waals surface area contributed by atoms with Gasteiger partial charge in [0.1, 0.15) is 11.4 Å². The van der Waals surface area contributed by atoms with E-state index in [2.05, 4.69) is 31.6 Å². The molecule has 8 nitrogen and oxygen atoms in total. The number of benzene rings is 1. The van der Waals surface area contributed by atoms with Gasteiger partial charge >= 0.3 is 0 Å². The Kier molecular flexibility index (Phi) is 5.98. The molecule has 0 saturated carbocycles. The number of anilines is 1. The van der Waals surface area contributed by atoms with Gasteiger partial charge in [-0.2, -0.15) is 10.2 Å². The number of amides is 1. The van der Waals surface area contributed by atoms with Crippen LogP contribution >= 0.6 is 0 Å². The highest BCUT2D eigenvalue weighted by molar-refractivity contribution is 5.94. The number of piperidine rings is 1. The number of aryl methyl sites for hydroxylation is 3. The Morgan fingerprint density at radius 2 is 1.91 bits per heavy atom. The van der Waals surface area contributed by atoms with Crippen LogP contribution in [0.15, 0.2) is 36.4 Å². The van der Waals surface area contributed by atoms with Crippen molar-refractivity contribution >= 4 is 11.7 Å². The van der Waals surface area contributed by atoms with E-state index in [9.17, 15) is 4.79 Å². The molecular weight excluding hydrogens is 416 g/mol. The van der Waals surface area contributed by atoms with Gasteiger partial charge < -0.3 is 15.0 Å². The SMILES string of the molecule is COc1cccc(-c2cc(C(=O)NC3CCN(c4cc5c(nn4)CCCC5)CC3)n(C)n2)c1. The molecule has 0 spiro atoms. The molecule has 1 fully saturated rings. The Morgan fingerprint density at radius 1 is 1.09 bits per heavy atom. The zero-order valence-corrected chi connectivity index (χ0v) is 19.3. The third-order valence-corrected chi connectivity index (χ3v) is 6.69. The number of carbonyl (C=O) groups is 1. The molecule has 33 heavy (non-hydrogen) atoms. The number of hydrogen-bond acceptors (Lipinski definition) is 6. The molecule has 2 aromatic heterocycles. The highest BCUT2D eigenvalue weighted by atomic mass is 16.5. The van der Waals surface area contributed by atoms with Gasteiger partial charge in [0.2, 0.25) is 0 Å². The van der Waals surface area contributed by atoms with E-state index in [1.165, 1.54) is 18.4 Å². The van der Waals surface area contributed by atoms with E-state index >= 15 is 0 Å². The summed E-state index contributed by atoms with van der Waals surface area (Å²) >= 11 is 0. The second kappa shape index (κ2) is 9.21. The minimum atomic E-state index is -0.0915. The number of rotatable bonds is 5. The first-order chi connectivity index (χ1) is 16.1. The van der Waals surface area contributed by atoms with Gasteiger partial charge in [0.05, 0.1) is 18.5 Å². The van der Waals surface area contributed by atoms with Crippen LogP contribution in [0.2, 0.25) is 0 Å². The number of fused-ring (bicyclic) bond motifs is 1. The zero-order chi connectivity index (χ0) is 22.8. The van der Waals surface area contributed by atoms with Crippen molar-refractivity contribution in [2.75, 3.05) is 25.1 Å². The third kappa shape index (κ3) is 4.55. The number of nitrogens with one attached hydrogen (secondary N) is 1. The summed E-state index contributed by atoms with van der Waals surface area (Å²) in [5, 5.41) is 16.7. The standard InChI is InChI=1S/C25H30N6O2/c1-30-23(16-22(29-30)17-7-5-8-20(14-17)33-2)25(32)26-19-10-12-31(13-11-19)24-15-18-6-3-4-9-21(18)27-28-24/h5,7-8,14-16,19H,3-4,6,9-13H2,1-2H3,(H,26,32). The molecule has 2 aliphatic rings. The molecule has 0 radical (unpaired) electrons. The van der Waals surface area contributed by atoms with E-state index in [1.54, 1.807) is 18.8 Å². The Morgan fingerprint density at radius 3 is 2.73 bits per heavy atom. The van der Waals surface area contributed by atoms with Crippen molar-refractivity contribution in [1.29, 1.82) is 0 Å². The molecule has 3 heterocycles.